The molecule has 0 amide bonds. The van der Waals surface area contributed by atoms with Crippen LogP contribution >= 0.6 is 34.5 Å². The van der Waals surface area contributed by atoms with Crippen molar-refractivity contribution < 1.29 is 5.11 Å². The van der Waals surface area contributed by atoms with Crippen molar-refractivity contribution in [3.63, 3.8) is 0 Å². The minimum atomic E-state index is -0.109. The van der Waals surface area contributed by atoms with E-state index >= 15 is 0 Å². The molecule has 32 heavy (non-hydrogen) atoms. The quantitative estimate of drug-likeness (QED) is 0.428. The Hall–Kier alpha value is -0.620. The Morgan fingerprint density at radius 2 is 1.94 bits per heavy atom. The van der Waals surface area contributed by atoms with Gasteiger partial charge in [0, 0.05) is 42.1 Å². The Labute approximate surface area is 207 Å². The minimum absolute atomic E-state index is 0.109. The van der Waals surface area contributed by atoms with Crippen molar-refractivity contribution in [2.24, 2.45) is 11.8 Å². The third-order valence-electron chi connectivity index (χ3n) is 7.32. The van der Waals surface area contributed by atoms with Gasteiger partial charge in [-0.25, -0.2) is 0 Å². The van der Waals surface area contributed by atoms with Crippen LogP contribution in [0.2, 0.25) is 10.0 Å². The van der Waals surface area contributed by atoms with Crippen molar-refractivity contribution in [1.82, 2.24) is 9.80 Å². The van der Waals surface area contributed by atoms with Crippen molar-refractivity contribution >= 4 is 34.5 Å². The maximum atomic E-state index is 10.2. The summed E-state index contributed by atoms with van der Waals surface area (Å²) in [6, 6.07) is 8.16. The van der Waals surface area contributed by atoms with Gasteiger partial charge in [0.15, 0.2) is 0 Å². The zero-order valence-corrected chi connectivity index (χ0v) is 21.4. The molecule has 2 aromatic rings. The fourth-order valence-electron chi connectivity index (χ4n) is 5.60. The van der Waals surface area contributed by atoms with E-state index in [0.717, 1.165) is 56.0 Å². The topological polar surface area (TPSA) is 26.7 Å². The second kappa shape index (κ2) is 11.7. The second-order valence-electron chi connectivity index (χ2n) is 9.78. The summed E-state index contributed by atoms with van der Waals surface area (Å²) in [5.41, 5.74) is 2.65. The lowest BCUT2D eigenvalue weighted by atomic mass is 9.87. The predicted molar refractivity (Wildman–Crippen MR) is 137 cm³/mol. The minimum Gasteiger partial charge on any atom is -0.393 e. The van der Waals surface area contributed by atoms with Gasteiger partial charge in [-0.05, 0) is 90.7 Å². The number of hydrogen-bond acceptors (Lipinski definition) is 4. The molecule has 176 valence electrons. The van der Waals surface area contributed by atoms with Crippen molar-refractivity contribution in [3.8, 4) is 0 Å². The highest BCUT2D eigenvalue weighted by Crippen LogP contribution is 2.37. The van der Waals surface area contributed by atoms with Crippen molar-refractivity contribution in [1.29, 1.82) is 0 Å². The average Bonchev–Trinajstić information content (AvgIpc) is 3.42. The summed E-state index contributed by atoms with van der Waals surface area (Å²) in [5.74, 6) is 1.90. The van der Waals surface area contributed by atoms with Gasteiger partial charge < -0.3 is 10.0 Å². The van der Waals surface area contributed by atoms with E-state index in [1.807, 2.05) is 12.1 Å². The number of benzene rings is 1. The molecular weight excluding hydrogens is 459 g/mol. The highest BCUT2D eigenvalue weighted by Gasteiger charge is 2.36. The van der Waals surface area contributed by atoms with Gasteiger partial charge in [-0.3, -0.25) is 4.90 Å². The van der Waals surface area contributed by atoms with E-state index in [-0.39, 0.29) is 6.10 Å². The number of piperidine rings is 1. The van der Waals surface area contributed by atoms with Crippen LogP contribution in [-0.2, 0) is 6.54 Å². The third-order valence-corrected chi connectivity index (χ3v) is 8.61. The normalized spacial score (nSPS) is 24.2. The average molecular weight is 496 g/mol. The van der Waals surface area contributed by atoms with Crippen LogP contribution in [0.1, 0.15) is 56.1 Å². The monoisotopic (exact) mass is 494 g/mol. The van der Waals surface area contributed by atoms with Crippen LogP contribution < -0.4 is 0 Å². The molecule has 2 saturated heterocycles. The lowest BCUT2D eigenvalue weighted by Gasteiger charge is -2.35. The van der Waals surface area contributed by atoms with Gasteiger partial charge in [-0.15, -0.1) is 0 Å². The van der Waals surface area contributed by atoms with E-state index < -0.39 is 0 Å². The number of aliphatic hydroxyl groups is 1. The summed E-state index contributed by atoms with van der Waals surface area (Å²) in [7, 11) is 0. The highest BCUT2D eigenvalue weighted by atomic mass is 35.5. The summed E-state index contributed by atoms with van der Waals surface area (Å²) in [5, 5.41) is 16.2. The predicted octanol–water partition coefficient (Wildman–Crippen LogP) is 6.53. The molecule has 0 aliphatic carbocycles. The Morgan fingerprint density at radius 1 is 1.12 bits per heavy atom. The van der Waals surface area contributed by atoms with E-state index in [9.17, 15) is 5.11 Å². The molecule has 0 spiro atoms. The number of thiophene rings is 1. The molecule has 3 atom stereocenters. The van der Waals surface area contributed by atoms with Crippen LogP contribution in [0, 0.1) is 11.8 Å². The number of nitrogens with zero attached hydrogens (tertiary/aromatic N) is 2. The molecule has 6 heteroatoms. The summed E-state index contributed by atoms with van der Waals surface area (Å²) in [6.45, 7) is 8.72. The fourth-order valence-corrected chi connectivity index (χ4v) is 6.79. The second-order valence-corrected chi connectivity index (χ2v) is 11.4. The standard InChI is InChI=1S/C26H36Cl2N2OS/c1-2-3-24(31)12-19-6-9-29(10-7-19)15-22-16-30(17-25(22)21-8-11-32-18-21)14-20-4-5-23(27)13-26(20)28/h4-5,8,11,13,18-19,22,24-25,31H,2-3,6-7,9-10,12,14-17H2,1H3. The Bertz CT molecular complexity index is 838. The Morgan fingerprint density at radius 3 is 2.62 bits per heavy atom. The molecule has 0 radical (unpaired) electrons. The molecule has 1 aromatic carbocycles. The number of rotatable bonds is 9. The summed E-state index contributed by atoms with van der Waals surface area (Å²) in [4.78, 5) is 5.24. The molecule has 4 rings (SSSR count). The first-order valence-corrected chi connectivity index (χ1v) is 13.8. The van der Waals surface area contributed by atoms with Gasteiger partial charge >= 0.3 is 0 Å². The van der Waals surface area contributed by atoms with E-state index in [2.05, 4.69) is 39.6 Å². The number of halogens is 2. The lowest BCUT2D eigenvalue weighted by Crippen LogP contribution is -2.39. The zero-order chi connectivity index (χ0) is 22.5. The van der Waals surface area contributed by atoms with Gasteiger partial charge in [0.05, 0.1) is 6.10 Å². The molecule has 3 heterocycles. The first kappa shape index (κ1) is 24.5. The number of hydrogen-bond donors (Lipinski definition) is 1. The smallest absolute Gasteiger partial charge is 0.0542 e. The third kappa shape index (κ3) is 6.49. The molecule has 2 fully saturated rings. The van der Waals surface area contributed by atoms with Crippen molar-refractivity contribution in [3.05, 3.63) is 56.2 Å². The van der Waals surface area contributed by atoms with Gasteiger partial charge in [-0.1, -0.05) is 42.6 Å². The molecule has 1 N–H and O–H groups in total. The van der Waals surface area contributed by atoms with Gasteiger partial charge in [0.2, 0.25) is 0 Å². The van der Waals surface area contributed by atoms with E-state index in [4.69, 9.17) is 23.2 Å². The summed E-state index contributed by atoms with van der Waals surface area (Å²) in [6.07, 6.45) is 5.34. The largest absolute Gasteiger partial charge is 0.393 e. The van der Waals surface area contributed by atoms with E-state index in [1.54, 1.807) is 11.3 Å². The number of aliphatic hydroxyl groups excluding tert-OH is 1. The van der Waals surface area contributed by atoms with Crippen LogP contribution in [-0.4, -0.2) is 53.7 Å². The van der Waals surface area contributed by atoms with Crippen LogP contribution in [0.15, 0.2) is 35.0 Å². The molecule has 0 saturated carbocycles. The Kier molecular flexibility index (Phi) is 8.94. The summed E-state index contributed by atoms with van der Waals surface area (Å²) >= 11 is 14.4. The molecule has 1 aromatic heterocycles. The fraction of sp³-hybridized carbons (Fsp3) is 0.615. The van der Waals surface area contributed by atoms with Crippen LogP contribution in [0.3, 0.4) is 0 Å². The summed E-state index contributed by atoms with van der Waals surface area (Å²) < 4.78 is 0. The lowest BCUT2D eigenvalue weighted by molar-refractivity contribution is 0.0951. The van der Waals surface area contributed by atoms with Gasteiger partial charge in [-0.2, -0.15) is 11.3 Å². The zero-order valence-electron chi connectivity index (χ0n) is 19.1. The van der Waals surface area contributed by atoms with Crippen LogP contribution in [0.4, 0.5) is 0 Å². The van der Waals surface area contributed by atoms with Crippen LogP contribution in [0.5, 0.6) is 0 Å². The molecule has 0 bridgehead atoms. The molecule has 3 unspecified atom stereocenters. The maximum Gasteiger partial charge on any atom is 0.0542 e. The first-order chi connectivity index (χ1) is 15.5. The molecule has 2 aliphatic rings. The first-order valence-electron chi connectivity index (χ1n) is 12.1. The van der Waals surface area contributed by atoms with E-state index in [0.29, 0.717) is 22.8 Å². The SMILES string of the molecule is CCCC(O)CC1CCN(CC2CN(Cc3ccc(Cl)cc3Cl)CC2c2ccsc2)CC1. The number of likely N-dealkylation sites (tertiary alicyclic amines) is 2. The maximum absolute atomic E-state index is 10.2. The molecular formula is C26H36Cl2N2OS. The highest BCUT2D eigenvalue weighted by molar-refractivity contribution is 7.08. The van der Waals surface area contributed by atoms with Crippen LogP contribution in [0.25, 0.3) is 0 Å². The molecule has 3 nitrogen and oxygen atoms in total. The van der Waals surface area contributed by atoms with Crippen molar-refractivity contribution in [2.75, 3.05) is 32.7 Å². The van der Waals surface area contributed by atoms with Crippen molar-refractivity contribution in [2.45, 2.75) is 57.6 Å². The van der Waals surface area contributed by atoms with E-state index in [1.165, 1.54) is 31.5 Å². The van der Waals surface area contributed by atoms with Gasteiger partial charge in [0.25, 0.3) is 0 Å². The van der Waals surface area contributed by atoms with Gasteiger partial charge in [0.1, 0.15) is 0 Å². The molecule has 2 aliphatic heterocycles. The Balaban J connectivity index is 1.35.